The van der Waals surface area contributed by atoms with Crippen molar-refractivity contribution in [2.24, 2.45) is 0 Å². The molecule has 0 heterocycles. The third-order valence-corrected chi connectivity index (χ3v) is 3.63. The molecule has 0 aliphatic carbocycles. The van der Waals surface area contributed by atoms with E-state index in [1.54, 1.807) is 6.92 Å². The lowest BCUT2D eigenvalue weighted by molar-refractivity contribution is 0.102. The van der Waals surface area contributed by atoms with Crippen molar-refractivity contribution >= 4 is 11.6 Å². The van der Waals surface area contributed by atoms with E-state index in [9.17, 15) is 9.90 Å². The number of rotatable bonds is 7. The van der Waals surface area contributed by atoms with Gasteiger partial charge in [0.2, 0.25) is 0 Å². The summed E-state index contributed by atoms with van der Waals surface area (Å²) in [5.41, 5.74) is 2.58. The Balaban J connectivity index is 1.90. The number of anilines is 1. The Bertz CT molecular complexity index is 609. The number of aliphatic hydroxyl groups is 1. The molecule has 0 aromatic heterocycles. The molecule has 1 atom stereocenters. The second-order valence-electron chi connectivity index (χ2n) is 5.89. The number of carbonyl (C=O) groups excluding carboxylic acids is 1. The monoisotopic (exact) mass is 312 g/mol. The van der Waals surface area contributed by atoms with Crippen LogP contribution in [0.1, 0.15) is 29.3 Å². The lowest BCUT2D eigenvalue weighted by Crippen LogP contribution is -2.22. The number of hydrogen-bond acceptors (Lipinski definition) is 3. The molecule has 2 aromatic carbocycles. The van der Waals surface area contributed by atoms with Crippen molar-refractivity contribution in [3.05, 3.63) is 65.7 Å². The Kier molecular flexibility index (Phi) is 6.32. The number of benzene rings is 2. The van der Waals surface area contributed by atoms with Gasteiger partial charge in [0.05, 0.1) is 6.10 Å². The molecule has 2 N–H and O–H groups in total. The van der Waals surface area contributed by atoms with Crippen molar-refractivity contribution in [2.75, 3.05) is 18.9 Å². The predicted molar refractivity (Wildman–Crippen MR) is 93.5 cm³/mol. The summed E-state index contributed by atoms with van der Waals surface area (Å²) in [5.74, 6) is -0.106. The zero-order chi connectivity index (χ0) is 16.7. The van der Waals surface area contributed by atoms with Crippen LogP contribution in [0.5, 0.6) is 0 Å². The van der Waals surface area contributed by atoms with Crippen LogP contribution in [0.25, 0.3) is 0 Å². The standard InChI is InChI=1S/C19H24N2O2/c1-15(22)12-13-21(2)14-16-8-10-17(11-9-16)19(23)20-18-6-4-3-5-7-18/h3-11,15,22H,12-14H2,1-2H3,(H,20,23). The summed E-state index contributed by atoms with van der Waals surface area (Å²) >= 11 is 0. The van der Waals surface area contributed by atoms with Gasteiger partial charge in [-0.15, -0.1) is 0 Å². The Morgan fingerprint density at radius 1 is 1.13 bits per heavy atom. The van der Waals surface area contributed by atoms with E-state index in [0.29, 0.717) is 5.56 Å². The predicted octanol–water partition coefficient (Wildman–Crippen LogP) is 3.14. The molecule has 4 heteroatoms. The smallest absolute Gasteiger partial charge is 0.255 e. The molecule has 0 fully saturated rings. The third kappa shape index (κ3) is 5.85. The molecule has 0 bridgehead atoms. The van der Waals surface area contributed by atoms with Crippen LogP contribution in [0, 0.1) is 0 Å². The SMILES string of the molecule is CC(O)CCN(C)Cc1ccc(C(=O)Nc2ccccc2)cc1. The highest BCUT2D eigenvalue weighted by atomic mass is 16.3. The van der Waals surface area contributed by atoms with E-state index in [1.165, 1.54) is 0 Å². The molecule has 0 radical (unpaired) electrons. The molecule has 0 saturated carbocycles. The van der Waals surface area contributed by atoms with E-state index in [1.807, 2.05) is 61.6 Å². The van der Waals surface area contributed by atoms with E-state index in [0.717, 1.165) is 30.8 Å². The molecule has 122 valence electrons. The number of amides is 1. The van der Waals surface area contributed by atoms with Gasteiger partial charge in [-0.1, -0.05) is 30.3 Å². The summed E-state index contributed by atoms with van der Waals surface area (Å²) < 4.78 is 0. The molecule has 0 aliphatic rings. The molecular weight excluding hydrogens is 288 g/mol. The van der Waals surface area contributed by atoms with Gasteiger partial charge in [-0.05, 0) is 50.2 Å². The highest BCUT2D eigenvalue weighted by Crippen LogP contribution is 2.11. The fraction of sp³-hybridized carbons (Fsp3) is 0.316. The molecule has 2 rings (SSSR count). The van der Waals surface area contributed by atoms with Crippen LogP contribution in [-0.2, 0) is 6.54 Å². The normalized spacial score (nSPS) is 12.2. The largest absolute Gasteiger partial charge is 0.393 e. The first kappa shape index (κ1) is 17.2. The van der Waals surface area contributed by atoms with Gasteiger partial charge in [-0.25, -0.2) is 0 Å². The Morgan fingerprint density at radius 3 is 2.39 bits per heavy atom. The maximum Gasteiger partial charge on any atom is 0.255 e. The number of aliphatic hydroxyl groups excluding tert-OH is 1. The lowest BCUT2D eigenvalue weighted by atomic mass is 10.1. The van der Waals surface area contributed by atoms with Crippen LogP contribution in [0.4, 0.5) is 5.69 Å². The fourth-order valence-corrected chi connectivity index (χ4v) is 2.28. The van der Waals surface area contributed by atoms with Gasteiger partial charge < -0.3 is 15.3 Å². The van der Waals surface area contributed by atoms with Gasteiger partial charge in [0.15, 0.2) is 0 Å². The van der Waals surface area contributed by atoms with Gasteiger partial charge >= 0.3 is 0 Å². The highest BCUT2D eigenvalue weighted by molar-refractivity contribution is 6.04. The van der Waals surface area contributed by atoms with Crippen molar-refractivity contribution < 1.29 is 9.90 Å². The van der Waals surface area contributed by atoms with Gasteiger partial charge in [0.25, 0.3) is 5.91 Å². The second-order valence-corrected chi connectivity index (χ2v) is 5.89. The zero-order valence-corrected chi connectivity index (χ0v) is 13.7. The number of carbonyl (C=O) groups is 1. The first-order chi connectivity index (χ1) is 11.0. The van der Waals surface area contributed by atoms with Crippen molar-refractivity contribution in [3.63, 3.8) is 0 Å². The minimum atomic E-state index is -0.276. The quantitative estimate of drug-likeness (QED) is 0.826. The Labute approximate surface area is 137 Å². The average Bonchev–Trinajstić information content (AvgIpc) is 2.54. The second kappa shape index (κ2) is 8.46. The summed E-state index contributed by atoms with van der Waals surface area (Å²) in [6.07, 6.45) is 0.482. The maximum atomic E-state index is 12.2. The molecule has 0 aliphatic heterocycles. The van der Waals surface area contributed by atoms with Crippen LogP contribution >= 0.6 is 0 Å². The summed E-state index contributed by atoms with van der Waals surface area (Å²) in [6.45, 7) is 3.44. The van der Waals surface area contributed by atoms with E-state index in [4.69, 9.17) is 0 Å². The third-order valence-electron chi connectivity index (χ3n) is 3.63. The van der Waals surface area contributed by atoms with Crippen molar-refractivity contribution in [1.29, 1.82) is 0 Å². The minimum absolute atomic E-state index is 0.106. The maximum absolute atomic E-state index is 12.2. The Hall–Kier alpha value is -2.17. The van der Waals surface area contributed by atoms with Gasteiger partial charge in [-0.3, -0.25) is 4.79 Å². The summed E-state index contributed by atoms with van der Waals surface area (Å²) in [4.78, 5) is 14.3. The Morgan fingerprint density at radius 2 is 1.78 bits per heavy atom. The van der Waals surface area contributed by atoms with Crippen molar-refractivity contribution in [2.45, 2.75) is 26.0 Å². The van der Waals surface area contributed by atoms with E-state index in [2.05, 4.69) is 10.2 Å². The van der Waals surface area contributed by atoms with E-state index >= 15 is 0 Å². The minimum Gasteiger partial charge on any atom is -0.393 e. The van der Waals surface area contributed by atoms with Crippen LogP contribution in [-0.4, -0.2) is 35.6 Å². The highest BCUT2D eigenvalue weighted by Gasteiger charge is 2.07. The van der Waals surface area contributed by atoms with Gasteiger partial charge in [0, 0.05) is 24.3 Å². The van der Waals surface area contributed by atoms with Gasteiger partial charge in [0.1, 0.15) is 0 Å². The van der Waals surface area contributed by atoms with Crippen LogP contribution in [0.3, 0.4) is 0 Å². The molecule has 2 aromatic rings. The average molecular weight is 312 g/mol. The number of hydrogen-bond donors (Lipinski definition) is 2. The lowest BCUT2D eigenvalue weighted by Gasteiger charge is -2.17. The molecule has 0 spiro atoms. The summed E-state index contributed by atoms with van der Waals surface area (Å²) in [7, 11) is 2.03. The topological polar surface area (TPSA) is 52.6 Å². The number of para-hydroxylation sites is 1. The summed E-state index contributed by atoms with van der Waals surface area (Å²) in [5, 5.41) is 12.2. The van der Waals surface area contributed by atoms with E-state index in [-0.39, 0.29) is 12.0 Å². The first-order valence-electron chi connectivity index (χ1n) is 7.86. The van der Waals surface area contributed by atoms with E-state index < -0.39 is 0 Å². The number of nitrogens with zero attached hydrogens (tertiary/aromatic N) is 1. The zero-order valence-electron chi connectivity index (χ0n) is 13.7. The van der Waals surface area contributed by atoms with Crippen LogP contribution < -0.4 is 5.32 Å². The van der Waals surface area contributed by atoms with Crippen molar-refractivity contribution in [3.8, 4) is 0 Å². The van der Waals surface area contributed by atoms with Crippen molar-refractivity contribution in [1.82, 2.24) is 4.90 Å². The first-order valence-corrected chi connectivity index (χ1v) is 7.86. The summed E-state index contributed by atoms with van der Waals surface area (Å²) in [6, 6.07) is 17.1. The molecule has 0 saturated heterocycles. The molecule has 1 amide bonds. The molecule has 23 heavy (non-hydrogen) atoms. The van der Waals surface area contributed by atoms with Gasteiger partial charge in [-0.2, -0.15) is 0 Å². The molecular formula is C19H24N2O2. The fourth-order valence-electron chi connectivity index (χ4n) is 2.28. The number of nitrogens with one attached hydrogen (secondary N) is 1. The van der Waals surface area contributed by atoms with Crippen LogP contribution in [0.2, 0.25) is 0 Å². The molecule has 1 unspecified atom stereocenters. The molecule has 4 nitrogen and oxygen atoms in total. The van der Waals surface area contributed by atoms with Crippen LogP contribution in [0.15, 0.2) is 54.6 Å².